The zero-order valence-electron chi connectivity index (χ0n) is 9.86. The molecule has 80 valence electrons. The molecule has 1 aromatic carbocycles. The molecule has 0 bridgehead atoms. The van der Waals surface area contributed by atoms with E-state index in [1.807, 2.05) is 50.0 Å². The van der Waals surface area contributed by atoms with Crippen molar-refractivity contribution >= 4 is 0 Å². The van der Waals surface area contributed by atoms with Gasteiger partial charge in [-0.3, -0.25) is 0 Å². The van der Waals surface area contributed by atoms with Gasteiger partial charge in [0.25, 0.3) is 0 Å². The van der Waals surface area contributed by atoms with Crippen LogP contribution in [0.2, 0.25) is 0 Å². The topological polar surface area (TPSA) is 17.8 Å². The predicted molar refractivity (Wildman–Crippen MR) is 64.7 cm³/mol. The number of nitrogens with zero attached hydrogens (tertiary/aromatic N) is 2. The Balaban J connectivity index is 0.000000531. The third kappa shape index (κ3) is 2.46. The highest BCUT2D eigenvalue weighted by atomic mass is 15.0. The average molecular weight is 202 g/mol. The smallest absolute Gasteiger partial charge is 0.0953 e. The zero-order chi connectivity index (χ0) is 11.3. The Hall–Kier alpha value is -1.57. The van der Waals surface area contributed by atoms with Gasteiger partial charge in [-0.2, -0.15) is 0 Å². The van der Waals surface area contributed by atoms with Crippen LogP contribution in [0.25, 0.3) is 11.3 Å². The first-order chi connectivity index (χ1) is 7.29. The lowest BCUT2D eigenvalue weighted by molar-refractivity contribution is 0.874. The fourth-order valence-corrected chi connectivity index (χ4v) is 1.37. The summed E-state index contributed by atoms with van der Waals surface area (Å²) in [5.74, 6) is 0. The number of imidazole rings is 1. The molecule has 0 saturated carbocycles. The maximum Gasteiger partial charge on any atom is 0.0953 e. The molecule has 0 spiro atoms. The summed E-state index contributed by atoms with van der Waals surface area (Å²) in [7, 11) is 2.01. The van der Waals surface area contributed by atoms with Crippen LogP contribution in [-0.4, -0.2) is 9.55 Å². The fraction of sp³-hybridized carbons (Fsp3) is 0.308. The van der Waals surface area contributed by atoms with Gasteiger partial charge in [0.15, 0.2) is 0 Å². The van der Waals surface area contributed by atoms with E-state index in [2.05, 4.69) is 24.0 Å². The summed E-state index contributed by atoms with van der Waals surface area (Å²) in [6, 6.07) is 10.2. The van der Waals surface area contributed by atoms with Crippen LogP contribution in [0.1, 0.15) is 19.5 Å². The Morgan fingerprint density at radius 2 is 1.67 bits per heavy atom. The standard InChI is InChI=1S/C11H12N2.C2H6/c1-9-11(12-8-13(9)2)10-6-4-3-5-7-10;1-2/h3-8H,1-2H3;1-2H3. The van der Waals surface area contributed by atoms with Crippen LogP contribution in [0.3, 0.4) is 0 Å². The number of hydrogen-bond acceptors (Lipinski definition) is 1. The second kappa shape index (κ2) is 5.35. The lowest BCUT2D eigenvalue weighted by atomic mass is 10.1. The Bertz CT molecular complexity index is 402. The van der Waals surface area contributed by atoms with Gasteiger partial charge in [-0.05, 0) is 6.92 Å². The highest BCUT2D eigenvalue weighted by Crippen LogP contribution is 2.19. The molecule has 0 fully saturated rings. The largest absolute Gasteiger partial charge is 0.337 e. The van der Waals surface area contributed by atoms with Crippen molar-refractivity contribution in [1.82, 2.24) is 9.55 Å². The Morgan fingerprint density at radius 3 is 2.13 bits per heavy atom. The monoisotopic (exact) mass is 202 g/mol. The lowest BCUT2D eigenvalue weighted by Crippen LogP contribution is -1.88. The van der Waals surface area contributed by atoms with Crippen molar-refractivity contribution in [2.75, 3.05) is 0 Å². The first kappa shape index (κ1) is 11.5. The number of hydrogen-bond donors (Lipinski definition) is 0. The summed E-state index contributed by atoms with van der Waals surface area (Å²) < 4.78 is 2.03. The van der Waals surface area contributed by atoms with Crippen molar-refractivity contribution in [2.24, 2.45) is 7.05 Å². The van der Waals surface area contributed by atoms with Gasteiger partial charge in [0.05, 0.1) is 12.0 Å². The van der Waals surface area contributed by atoms with Crippen LogP contribution in [-0.2, 0) is 7.05 Å². The van der Waals surface area contributed by atoms with E-state index in [0.29, 0.717) is 0 Å². The molecule has 15 heavy (non-hydrogen) atoms. The molecule has 2 nitrogen and oxygen atoms in total. The third-order valence-corrected chi connectivity index (χ3v) is 2.28. The summed E-state index contributed by atoms with van der Waals surface area (Å²) in [6.45, 7) is 6.08. The van der Waals surface area contributed by atoms with Crippen molar-refractivity contribution in [3.05, 3.63) is 42.4 Å². The lowest BCUT2D eigenvalue weighted by Gasteiger charge is -1.99. The molecule has 0 amide bonds. The molecule has 0 aliphatic carbocycles. The second-order valence-corrected chi connectivity index (χ2v) is 3.16. The van der Waals surface area contributed by atoms with Crippen molar-refractivity contribution in [2.45, 2.75) is 20.8 Å². The molecule has 0 aliphatic heterocycles. The van der Waals surface area contributed by atoms with Gasteiger partial charge in [-0.15, -0.1) is 0 Å². The fourth-order valence-electron chi connectivity index (χ4n) is 1.37. The number of rotatable bonds is 1. The minimum absolute atomic E-state index is 1.07. The normalized spacial score (nSPS) is 9.33. The summed E-state index contributed by atoms with van der Waals surface area (Å²) in [5.41, 5.74) is 3.45. The van der Waals surface area contributed by atoms with Crippen LogP contribution in [0.15, 0.2) is 36.7 Å². The van der Waals surface area contributed by atoms with Gasteiger partial charge in [-0.25, -0.2) is 4.98 Å². The highest BCUT2D eigenvalue weighted by molar-refractivity contribution is 5.61. The van der Waals surface area contributed by atoms with Crippen LogP contribution in [0.4, 0.5) is 0 Å². The number of aromatic nitrogens is 2. The van der Waals surface area contributed by atoms with Gasteiger partial charge in [0.2, 0.25) is 0 Å². The van der Waals surface area contributed by atoms with Gasteiger partial charge in [0.1, 0.15) is 0 Å². The third-order valence-electron chi connectivity index (χ3n) is 2.28. The molecule has 0 N–H and O–H groups in total. The Labute approximate surface area is 91.6 Å². The maximum atomic E-state index is 4.35. The molecule has 1 heterocycles. The SMILES string of the molecule is CC.Cc1c(-c2ccccc2)ncn1C. The molecule has 1 aromatic heterocycles. The van der Waals surface area contributed by atoms with E-state index < -0.39 is 0 Å². The molecular formula is C13H18N2. The van der Waals surface area contributed by atoms with Crippen molar-refractivity contribution in [3.8, 4) is 11.3 Å². The Kier molecular flexibility index (Phi) is 4.10. The van der Waals surface area contributed by atoms with E-state index in [1.54, 1.807) is 0 Å². The van der Waals surface area contributed by atoms with Crippen LogP contribution < -0.4 is 0 Å². The van der Waals surface area contributed by atoms with Gasteiger partial charge >= 0.3 is 0 Å². The Morgan fingerprint density at radius 1 is 1.07 bits per heavy atom. The number of aryl methyl sites for hydroxylation is 1. The maximum absolute atomic E-state index is 4.35. The van der Waals surface area contributed by atoms with Crippen LogP contribution in [0.5, 0.6) is 0 Å². The van der Waals surface area contributed by atoms with Crippen molar-refractivity contribution in [3.63, 3.8) is 0 Å². The van der Waals surface area contributed by atoms with E-state index in [9.17, 15) is 0 Å². The number of benzene rings is 1. The molecule has 0 aliphatic rings. The van der Waals surface area contributed by atoms with E-state index in [0.717, 1.165) is 5.69 Å². The van der Waals surface area contributed by atoms with Crippen LogP contribution in [0, 0.1) is 6.92 Å². The van der Waals surface area contributed by atoms with Crippen molar-refractivity contribution < 1.29 is 0 Å². The van der Waals surface area contributed by atoms with Gasteiger partial charge in [0, 0.05) is 18.3 Å². The summed E-state index contributed by atoms with van der Waals surface area (Å²) in [4.78, 5) is 4.35. The van der Waals surface area contributed by atoms with Gasteiger partial charge in [-0.1, -0.05) is 44.2 Å². The first-order valence-electron chi connectivity index (χ1n) is 5.32. The van der Waals surface area contributed by atoms with E-state index >= 15 is 0 Å². The zero-order valence-corrected chi connectivity index (χ0v) is 9.86. The molecular weight excluding hydrogens is 184 g/mol. The summed E-state index contributed by atoms with van der Waals surface area (Å²) in [6.07, 6.45) is 1.84. The van der Waals surface area contributed by atoms with Gasteiger partial charge < -0.3 is 4.57 Å². The minimum Gasteiger partial charge on any atom is -0.337 e. The first-order valence-corrected chi connectivity index (χ1v) is 5.32. The van der Waals surface area contributed by atoms with E-state index in [1.165, 1.54) is 11.3 Å². The average Bonchev–Trinajstić information content (AvgIpc) is 2.64. The summed E-state index contributed by atoms with van der Waals surface area (Å²) >= 11 is 0. The molecule has 2 heteroatoms. The highest BCUT2D eigenvalue weighted by Gasteiger charge is 2.04. The molecule has 0 saturated heterocycles. The van der Waals surface area contributed by atoms with Crippen LogP contribution >= 0.6 is 0 Å². The molecule has 2 aromatic rings. The molecule has 0 unspecified atom stereocenters. The molecule has 0 radical (unpaired) electrons. The quantitative estimate of drug-likeness (QED) is 0.692. The predicted octanol–water partition coefficient (Wildman–Crippen LogP) is 3.42. The second-order valence-electron chi connectivity index (χ2n) is 3.16. The molecule has 2 rings (SSSR count). The molecule has 0 atom stereocenters. The van der Waals surface area contributed by atoms with E-state index in [-0.39, 0.29) is 0 Å². The van der Waals surface area contributed by atoms with E-state index in [4.69, 9.17) is 0 Å². The minimum atomic E-state index is 1.07. The summed E-state index contributed by atoms with van der Waals surface area (Å²) in [5, 5.41) is 0. The van der Waals surface area contributed by atoms with Crippen molar-refractivity contribution in [1.29, 1.82) is 0 Å².